The van der Waals surface area contributed by atoms with Gasteiger partial charge in [0.15, 0.2) is 0 Å². The van der Waals surface area contributed by atoms with Gasteiger partial charge in [0.25, 0.3) is 0 Å². The molecular weight excluding hydrogens is 176 g/mol. The van der Waals surface area contributed by atoms with Crippen molar-refractivity contribution in [2.45, 2.75) is 6.42 Å². The van der Waals surface area contributed by atoms with Crippen LogP contribution in [-0.4, -0.2) is 11.5 Å². The Morgan fingerprint density at radius 3 is 3.00 bits per heavy atom. The molecule has 0 atom stereocenters. The molecule has 0 saturated heterocycles. The fourth-order valence-electron chi connectivity index (χ4n) is 0.804. The molecule has 0 radical (unpaired) electrons. The van der Waals surface area contributed by atoms with Crippen molar-refractivity contribution in [3.05, 3.63) is 38.5 Å². The van der Waals surface area contributed by atoms with Crippen molar-refractivity contribution in [3.8, 4) is 0 Å². The number of hydrogen-bond donors (Lipinski definition) is 0. The summed E-state index contributed by atoms with van der Waals surface area (Å²) in [4.78, 5) is 12.1. The molecule has 0 aliphatic rings. The number of furan rings is 1. The summed E-state index contributed by atoms with van der Waals surface area (Å²) in [5, 5.41) is 13.4. The Balaban J connectivity index is 2.58. The number of rotatable bonds is 4. The summed E-state index contributed by atoms with van der Waals surface area (Å²) >= 11 is 0. The van der Waals surface area contributed by atoms with E-state index in [0.29, 0.717) is 12.2 Å². The van der Waals surface area contributed by atoms with Gasteiger partial charge < -0.3 is 4.42 Å². The van der Waals surface area contributed by atoms with Crippen LogP contribution < -0.4 is 0 Å². The van der Waals surface area contributed by atoms with Crippen LogP contribution in [-0.2, 0) is 6.42 Å². The minimum atomic E-state index is -0.614. The number of hydrogen-bond acceptors (Lipinski definition) is 4. The fraction of sp³-hybridized carbons (Fsp3) is 0.333. The van der Waals surface area contributed by atoms with Gasteiger partial charge in [0.2, 0.25) is 0 Å². The van der Waals surface area contributed by atoms with Crippen molar-refractivity contribution in [3.63, 3.8) is 0 Å². The maximum Gasteiger partial charge on any atom is 0.433 e. The zero-order valence-electron chi connectivity index (χ0n) is 6.58. The minimum Gasteiger partial charge on any atom is -0.406 e. The van der Waals surface area contributed by atoms with Crippen molar-refractivity contribution in [2.75, 3.05) is 6.54 Å². The van der Waals surface area contributed by atoms with E-state index in [1.807, 2.05) is 0 Å². The van der Waals surface area contributed by atoms with Crippen molar-refractivity contribution >= 4 is 5.88 Å². The Labute approximate surface area is 72.7 Å². The predicted molar refractivity (Wildman–Crippen MR) is 43.1 cm³/mol. The molecule has 1 heterocycles. The first-order valence-electron chi connectivity index (χ1n) is 3.48. The van der Waals surface area contributed by atoms with Gasteiger partial charge in [-0.2, -0.15) is 0 Å². The van der Waals surface area contributed by atoms with E-state index in [0.717, 1.165) is 0 Å². The highest BCUT2D eigenvalue weighted by atomic mass is 16.6. The molecule has 13 heavy (non-hydrogen) atoms. The normalized spacial score (nSPS) is 9.23. The van der Waals surface area contributed by atoms with Gasteiger partial charge in [-0.3, -0.25) is 10.1 Å². The maximum atomic E-state index is 10.2. The smallest absolute Gasteiger partial charge is 0.406 e. The van der Waals surface area contributed by atoms with E-state index in [2.05, 4.69) is 10.0 Å². The highest BCUT2D eigenvalue weighted by Crippen LogP contribution is 2.15. The molecule has 0 saturated carbocycles. The molecule has 0 amide bonds. The van der Waals surface area contributed by atoms with Crippen LogP contribution in [0.15, 0.2) is 21.7 Å². The van der Waals surface area contributed by atoms with Gasteiger partial charge in [0.1, 0.15) is 10.7 Å². The van der Waals surface area contributed by atoms with Gasteiger partial charge in [-0.15, -0.1) is 0 Å². The van der Waals surface area contributed by atoms with E-state index in [1.54, 1.807) is 0 Å². The Bertz CT molecular complexity index is 353. The summed E-state index contributed by atoms with van der Waals surface area (Å²) < 4.78 is 4.81. The molecule has 0 fully saturated rings. The van der Waals surface area contributed by atoms with Crippen LogP contribution >= 0.6 is 0 Å². The lowest BCUT2D eigenvalue weighted by Crippen LogP contribution is -1.86. The molecule has 7 nitrogen and oxygen atoms in total. The average molecular weight is 182 g/mol. The van der Waals surface area contributed by atoms with Gasteiger partial charge in [-0.05, 0) is 11.6 Å². The second-order valence-electron chi connectivity index (χ2n) is 2.20. The van der Waals surface area contributed by atoms with Crippen molar-refractivity contribution in [2.24, 2.45) is 5.11 Å². The van der Waals surface area contributed by atoms with E-state index in [9.17, 15) is 10.1 Å². The summed E-state index contributed by atoms with van der Waals surface area (Å²) in [6.45, 7) is 0.237. The van der Waals surface area contributed by atoms with Crippen LogP contribution in [0.2, 0.25) is 0 Å². The Morgan fingerprint density at radius 2 is 2.46 bits per heavy atom. The summed E-state index contributed by atoms with van der Waals surface area (Å²) in [6, 6.07) is 2.76. The highest BCUT2D eigenvalue weighted by molar-refractivity contribution is 5.17. The largest absolute Gasteiger partial charge is 0.433 e. The summed E-state index contributed by atoms with van der Waals surface area (Å²) in [7, 11) is 0. The van der Waals surface area contributed by atoms with Gasteiger partial charge in [0, 0.05) is 17.9 Å². The Kier molecular flexibility index (Phi) is 2.88. The SMILES string of the molecule is [N-]=[N+]=NCCc1ccc([N+](=O)[O-])o1. The van der Waals surface area contributed by atoms with E-state index in [1.165, 1.54) is 12.1 Å². The van der Waals surface area contributed by atoms with E-state index >= 15 is 0 Å². The first kappa shape index (κ1) is 9.08. The highest BCUT2D eigenvalue weighted by Gasteiger charge is 2.10. The zero-order valence-corrected chi connectivity index (χ0v) is 6.58. The second kappa shape index (κ2) is 4.13. The molecule has 0 unspecified atom stereocenters. The lowest BCUT2D eigenvalue weighted by Gasteiger charge is -1.87. The lowest BCUT2D eigenvalue weighted by molar-refractivity contribution is -0.402. The molecule has 0 N–H and O–H groups in total. The van der Waals surface area contributed by atoms with Crippen molar-refractivity contribution in [1.82, 2.24) is 0 Å². The van der Waals surface area contributed by atoms with Crippen LogP contribution in [0.3, 0.4) is 0 Å². The molecule has 7 heteroatoms. The quantitative estimate of drug-likeness (QED) is 0.234. The maximum absolute atomic E-state index is 10.2. The third-order valence-corrected chi connectivity index (χ3v) is 1.35. The van der Waals surface area contributed by atoms with Crippen molar-refractivity contribution < 1.29 is 9.34 Å². The molecule has 0 bridgehead atoms. The number of nitro groups is 1. The van der Waals surface area contributed by atoms with Crippen LogP contribution in [0.5, 0.6) is 0 Å². The van der Waals surface area contributed by atoms with E-state index in [4.69, 9.17) is 9.95 Å². The molecule has 1 aromatic rings. The molecule has 0 aliphatic carbocycles. The van der Waals surface area contributed by atoms with Crippen molar-refractivity contribution in [1.29, 1.82) is 0 Å². The van der Waals surface area contributed by atoms with E-state index < -0.39 is 4.92 Å². The zero-order chi connectivity index (χ0) is 9.68. The molecule has 1 rings (SSSR count). The van der Waals surface area contributed by atoms with Crippen LogP contribution in [0.4, 0.5) is 5.88 Å². The molecule has 1 aromatic heterocycles. The minimum absolute atomic E-state index is 0.237. The van der Waals surface area contributed by atoms with Gasteiger partial charge in [0.05, 0.1) is 6.07 Å². The third-order valence-electron chi connectivity index (χ3n) is 1.35. The van der Waals surface area contributed by atoms with Crippen LogP contribution in [0.1, 0.15) is 5.76 Å². The molecule has 0 aromatic carbocycles. The van der Waals surface area contributed by atoms with Gasteiger partial charge in [-0.25, -0.2) is 0 Å². The summed E-state index contributed by atoms with van der Waals surface area (Å²) in [5.41, 5.74) is 7.96. The number of azide groups is 1. The van der Waals surface area contributed by atoms with Gasteiger partial charge >= 0.3 is 5.88 Å². The first-order chi connectivity index (χ1) is 6.24. The van der Waals surface area contributed by atoms with E-state index in [-0.39, 0.29) is 12.4 Å². The van der Waals surface area contributed by atoms with Gasteiger partial charge in [-0.1, -0.05) is 5.11 Å². The standard InChI is InChI=1S/C6H6N4O3/c7-9-8-4-3-5-1-2-6(13-5)10(11)12/h1-2H,3-4H2. The fourth-order valence-corrected chi connectivity index (χ4v) is 0.804. The lowest BCUT2D eigenvalue weighted by atomic mass is 10.3. The van der Waals surface area contributed by atoms with Crippen LogP contribution in [0, 0.1) is 10.1 Å². The summed E-state index contributed by atoms with van der Waals surface area (Å²) in [5.74, 6) is 0.148. The first-order valence-corrected chi connectivity index (χ1v) is 3.48. The predicted octanol–water partition coefficient (Wildman–Crippen LogP) is 2.04. The third kappa shape index (κ3) is 2.49. The monoisotopic (exact) mass is 182 g/mol. The second-order valence-corrected chi connectivity index (χ2v) is 2.20. The number of nitrogens with zero attached hydrogens (tertiary/aromatic N) is 4. The topological polar surface area (TPSA) is 105 Å². The summed E-state index contributed by atoms with van der Waals surface area (Å²) in [6.07, 6.45) is 0.373. The molecule has 68 valence electrons. The van der Waals surface area contributed by atoms with Crippen LogP contribution in [0.25, 0.3) is 10.4 Å². The molecule has 0 aliphatic heterocycles. The Morgan fingerprint density at radius 1 is 1.69 bits per heavy atom. The molecular formula is C6H6N4O3. The Hall–Kier alpha value is -2.01. The molecule has 0 spiro atoms. The average Bonchev–Trinajstić information content (AvgIpc) is 2.53.